The Morgan fingerprint density at radius 1 is 1.21 bits per heavy atom. The van der Waals surface area contributed by atoms with Crippen LogP contribution in [0.15, 0.2) is 30.3 Å². The van der Waals surface area contributed by atoms with E-state index in [-0.39, 0.29) is 5.91 Å². The second kappa shape index (κ2) is 10.0. The Kier molecular flexibility index (Phi) is 7.45. The number of aryl methyl sites for hydroxylation is 1. The molecule has 0 bridgehead atoms. The van der Waals surface area contributed by atoms with Crippen molar-refractivity contribution in [3.8, 4) is 0 Å². The van der Waals surface area contributed by atoms with Crippen LogP contribution in [0, 0.1) is 0 Å². The molecule has 0 unspecified atom stereocenters. The largest absolute Gasteiger partial charge is 0.376 e. The predicted octanol–water partition coefficient (Wildman–Crippen LogP) is 3.06. The van der Waals surface area contributed by atoms with Crippen LogP contribution in [-0.4, -0.2) is 59.3 Å². The fraction of sp³-hybridized carbons (Fsp3) is 0.565. The van der Waals surface area contributed by atoms with Gasteiger partial charge in [0, 0.05) is 56.2 Å². The van der Waals surface area contributed by atoms with E-state index in [1.807, 2.05) is 37.2 Å². The van der Waals surface area contributed by atoms with E-state index in [4.69, 9.17) is 9.84 Å². The second-order valence-electron chi connectivity index (χ2n) is 8.32. The summed E-state index contributed by atoms with van der Waals surface area (Å²) in [5.41, 5.74) is 4.66. The highest BCUT2D eigenvalue weighted by molar-refractivity contribution is 5.76. The standard InChI is InChI=1S/C23H34N4O2/c1-18(2)27-22-12-15-29-17-20(22)21(24-27)10-11-23(28)26(14-13-25(3)4)16-19-8-6-5-7-9-19/h5-9,18H,10-17H2,1-4H3. The van der Waals surface area contributed by atoms with Gasteiger partial charge in [-0.1, -0.05) is 30.3 Å². The summed E-state index contributed by atoms with van der Waals surface area (Å²) in [6.45, 7) is 7.89. The number of hydrogen-bond acceptors (Lipinski definition) is 4. The number of amides is 1. The van der Waals surface area contributed by atoms with Crippen molar-refractivity contribution in [1.82, 2.24) is 19.6 Å². The molecular weight excluding hydrogens is 364 g/mol. The van der Waals surface area contributed by atoms with Gasteiger partial charge in [-0.3, -0.25) is 9.48 Å². The average molecular weight is 399 g/mol. The van der Waals surface area contributed by atoms with Crippen LogP contribution in [0.5, 0.6) is 0 Å². The highest BCUT2D eigenvalue weighted by atomic mass is 16.5. The van der Waals surface area contributed by atoms with Crippen LogP contribution in [0.25, 0.3) is 0 Å². The number of aromatic nitrogens is 2. The van der Waals surface area contributed by atoms with Gasteiger partial charge in [0.15, 0.2) is 0 Å². The molecule has 1 aliphatic rings. The number of carbonyl (C=O) groups excluding carboxylic acids is 1. The van der Waals surface area contributed by atoms with Crippen LogP contribution < -0.4 is 0 Å². The molecular formula is C23H34N4O2. The lowest BCUT2D eigenvalue weighted by atomic mass is 10.1. The molecule has 1 aliphatic heterocycles. The lowest BCUT2D eigenvalue weighted by Crippen LogP contribution is -2.36. The fourth-order valence-electron chi connectivity index (χ4n) is 3.76. The van der Waals surface area contributed by atoms with E-state index in [2.05, 4.69) is 35.6 Å². The summed E-state index contributed by atoms with van der Waals surface area (Å²) in [5, 5.41) is 4.84. The minimum absolute atomic E-state index is 0.181. The third kappa shape index (κ3) is 5.67. The van der Waals surface area contributed by atoms with Crippen molar-refractivity contribution in [1.29, 1.82) is 0 Å². The molecule has 2 heterocycles. The van der Waals surface area contributed by atoms with Gasteiger partial charge < -0.3 is 14.5 Å². The van der Waals surface area contributed by atoms with Gasteiger partial charge in [0.2, 0.25) is 5.91 Å². The van der Waals surface area contributed by atoms with Gasteiger partial charge in [0.1, 0.15) is 0 Å². The first kappa shape index (κ1) is 21.5. The normalized spacial score (nSPS) is 13.7. The van der Waals surface area contributed by atoms with Gasteiger partial charge in [-0.05, 0) is 33.5 Å². The fourth-order valence-corrected chi connectivity index (χ4v) is 3.76. The maximum absolute atomic E-state index is 13.1. The first-order valence-corrected chi connectivity index (χ1v) is 10.6. The molecule has 29 heavy (non-hydrogen) atoms. The molecule has 0 saturated heterocycles. The maximum atomic E-state index is 13.1. The number of hydrogen-bond donors (Lipinski definition) is 0. The van der Waals surface area contributed by atoms with E-state index in [9.17, 15) is 4.79 Å². The third-order valence-corrected chi connectivity index (χ3v) is 5.38. The summed E-state index contributed by atoms with van der Waals surface area (Å²) in [5.74, 6) is 0.181. The zero-order chi connectivity index (χ0) is 20.8. The van der Waals surface area contributed by atoms with Crippen LogP contribution >= 0.6 is 0 Å². The molecule has 0 atom stereocenters. The van der Waals surface area contributed by atoms with Crippen LogP contribution in [0.3, 0.4) is 0 Å². The van der Waals surface area contributed by atoms with Crippen molar-refractivity contribution in [3.05, 3.63) is 52.8 Å². The number of likely N-dealkylation sites (N-methyl/N-ethyl adjacent to an activating group) is 1. The van der Waals surface area contributed by atoms with Gasteiger partial charge >= 0.3 is 0 Å². The molecule has 158 valence electrons. The van der Waals surface area contributed by atoms with E-state index in [1.165, 1.54) is 11.3 Å². The highest BCUT2D eigenvalue weighted by Crippen LogP contribution is 2.24. The van der Waals surface area contributed by atoms with E-state index >= 15 is 0 Å². The summed E-state index contributed by atoms with van der Waals surface area (Å²) in [6.07, 6.45) is 2.04. The molecule has 0 fully saturated rings. The SMILES string of the molecule is CC(C)n1nc(CCC(=O)N(CCN(C)C)Cc2ccccc2)c2c1CCOC2. The number of ether oxygens (including phenoxy) is 1. The molecule has 0 N–H and O–H groups in total. The topological polar surface area (TPSA) is 50.6 Å². The number of carbonyl (C=O) groups is 1. The molecule has 0 radical (unpaired) electrons. The first-order chi connectivity index (χ1) is 14.0. The molecule has 0 spiro atoms. The monoisotopic (exact) mass is 398 g/mol. The number of nitrogens with zero attached hydrogens (tertiary/aromatic N) is 4. The molecule has 6 heteroatoms. The van der Waals surface area contributed by atoms with Crippen molar-refractivity contribution in [2.75, 3.05) is 33.8 Å². The molecule has 1 aromatic carbocycles. The number of rotatable bonds is 9. The predicted molar refractivity (Wildman–Crippen MR) is 115 cm³/mol. The summed E-state index contributed by atoms with van der Waals surface area (Å²) in [7, 11) is 4.08. The van der Waals surface area contributed by atoms with Crippen molar-refractivity contribution < 1.29 is 9.53 Å². The van der Waals surface area contributed by atoms with Gasteiger partial charge in [-0.2, -0.15) is 5.10 Å². The molecule has 1 amide bonds. The van der Waals surface area contributed by atoms with Gasteiger partial charge in [-0.15, -0.1) is 0 Å². The third-order valence-electron chi connectivity index (χ3n) is 5.38. The number of fused-ring (bicyclic) bond motifs is 1. The Morgan fingerprint density at radius 2 is 1.97 bits per heavy atom. The molecule has 3 rings (SSSR count). The molecule has 0 aliphatic carbocycles. The van der Waals surface area contributed by atoms with E-state index in [1.54, 1.807) is 0 Å². The quantitative estimate of drug-likeness (QED) is 0.651. The summed E-state index contributed by atoms with van der Waals surface area (Å²) in [6, 6.07) is 10.5. The molecule has 6 nitrogen and oxygen atoms in total. The van der Waals surface area contributed by atoms with Crippen LogP contribution in [0.2, 0.25) is 0 Å². The van der Waals surface area contributed by atoms with Crippen molar-refractivity contribution >= 4 is 5.91 Å². The first-order valence-electron chi connectivity index (χ1n) is 10.6. The van der Waals surface area contributed by atoms with Gasteiger partial charge in [0.25, 0.3) is 0 Å². The lowest BCUT2D eigenvalue weighted by Gasteiger charge is -2.24. The minimum atomic E-state index is 0.181. The number of benzene rings is 1. The zero-order valence-electron chi connectivity index (χ0n) is 18.2. The van der Waals surface area contributed by atoms with E-state index < -0.39 is 0 Å². The lowest BCUT2D eigenvalue weighted by molar-refractivity contribution is -0.132. The van der Waals surface area contributed by atoms with Gasteiger partial charge in [0.05, 0.1) is 18.9 Å². The van der Waals surface area contributed by atoms with Crippen molar-refractivity contribution in [2.45, 2.75) is 52.3 Å². The van der Waals surface area contributed by atoms with Crippen LogP contribution in [0.4, 0.5) is 0 Å². The average Bonchev–Trinajstić information content (AvgIpc) is 3.09. The Labute approximate surface area is 174 Å². The van der Waals surface area contributed by atoms with Crippen molar-refractivity contribution in [3.63, 3.8) is 0 Å². The summed E-state index contributed by atoms with van der Waals surface area (Å²) >= 11 is 0. The summed E-state index contributed by atoms with van der Waals surface area (Å²) < 4.78 is 7.79. The smallest absolute Gasteiger partial charge is 0.223 e. The van der Waals surface area contributed by atoms with E-state index in [0.29, 0.717) is 32.0 Å². The molecule has 0 saturated carbocycles. The maximum Gasteiger partial charge on any atom is 0.223 e. The summed E-state index contributed by atoms with van der Waals surface area (Å²) in [4.78, 5) is 17.2. The Balaban J connectivity index is 1.69. The Morgan fingerprint density at radius 3 is 2.66 bits per heavy atom. The molecule has 2 aromatic rings. The van der Waals surface area contributed by atoms with Gasteiger partial charge in [-0.25, -0.2) is 0 Å². The van der Waals surface area contributed by atoms with Crippen LogP contribution in [0.1, 0.15) is 48.8 Å². The Bertz CT molecular complexity index is 799. The zero-order valence-corrected chi connectivity index (χ0v) is 18.2. The Hall–Kier alpha value is -2.18. The highest BCUT2D eigenvalue weighted by Gasteiger charge is 2.23. The second-order valence-corrected chi connectivity index (χ2v) is 8.32. The van der Waals surface area contributed by atoms with Crippen molar-refractivity contribution in [2.24, 2.45) is 0 Å². The van der Waals surface area contributed by atoms with Crippen LogP contribution in [-0.2, 0) is 35.5 Å². The van der Waals surface area contributed by atoms with E-state index in [0.717, 1.165) is 37.4 Å². The molecule has 1 aromatic heterocycles. The minimum Gasteiger partial charge on any atom is -0.376 e.